The van der Waals surface area contributed by atoms with Gasteiger partial charge in [-0.3, -0.25) is 4.90 Å². The first-order valence-corrected chi connectivity index (χ1v) is 7.16. The van der Waals surface area contributed by atoms with E-state index in [0.717, 1.165) is 19.1 Å². The van der Waals surface area contributed by atoms with Crippen LogP contribution in [0, 0.1) is 0 Å². The average molecular weight is 230 g/mol. The molecule has 1 saturated heterocycles. The van der Waals surface area contributed by atoms with Crippen molar-refractivity contribution in [2.24, 2.45) is 0 Å². The van der Waals surface area contributed by atoms with Crippen molar-refractivity contribution in [1.82, 2.24) is 10.2 Å². The predicted molar refractivity (Wildman–Crippen MR) is 70.7 cm³/mol. The van der Waals surface area contributed by atoms with Gasteiger partial charge in [0.1, 0.15) is 0 Å². The molecule has 0 aromatic carbocycles. The lowest BCUT2D eigenvalue weighted by atomic mass is 10.1. The summed E-state index contributed by atoms with van der Waals surface area (Å²) in [6, 6.07) is 0.727. The molecule has 1 unspecified atom stereocenters. The molecule has 2 nitrogen and oxygen atoms in total. The summed E-state index contributed by atoms with van der Waals surface area (Å²) in [4.78, 5) is 2.67. The third-order valence-electron chi connectivity index (χ3n) is 3.07. The smallest absolute Gasteiger partial charge is 0.0231 e. The Bertz CT molecular complexity index is 182. The predicted octanol–water partition coefficient (Wildman–Crippen LogP) is 2.20. The summed E-state index contributed by atoms with van der Waals surface area (Å²) in [5.74, 6) is 1.29. The van der Waals surface area contributed by atoms with E-state index < -0.39 is 0 Å². The first-order chi connectivity index (χ1) is 7.09. The highest BCUT2D eigenvalue weighted by atomic mass is 32.2. The Morgan fingerprint density at radius 3 is 2.67 bits per heavy atom. The van der Waals surface area contributed by atoms with Crippen LogP contribution in [0.15, 0.2) is 0 Å². The van der Waals surface area contributed by atoms with Crippen LogP contribution in [0.3, 0.4) is 0 Å². The van der Waals surface area contributed by atoms with Crippen molar-refractivity contribution < 1.29 is 0 Å². The van der Waals surface area contributed by atoms with Gasteiger partial charge in [-0.15, -0.1) is 0 Å². The number of nitrogens with one attached hydrogen (secondary N) is 1. The van der Waals surface area contributed by atoms with E-state index in [9.17, 15) is 0 Å². The normalized spacial score (nSPS) is 24.0. The summed E-state index contributed by atoms with van der Waals surface area (Å²) < 4.78 is 0.442. The first-order valence-electron chi connectivity index (χ1n) is 6.17. The van der Waals surface area contributed by atoms with Crippen LogP contribution in [0.2, 0.25) is 0 Å². The third kappa shape index (κ3) is 4.33. The summed E-state index contributed by atoms with van der Waals surface area (Å²) in [5, 5.41) is 3.48. The van der Waals surface area contributed by atoms with Crippen LogP contribution in [0.25, 0.3) is 0 Å². The van der Waals surface area contributed by atoms with E-state index in [-0.39, 0.29) is 0 Å². The van der Waals surface area contributed by atoms with Crippen LogP contribution in [-0.4, -0.2) is 47.6 Å². The summed E-state index contributed by atoms with van der Waals surface area (Å²) in [7, 11) is 0. The van der Waals surface area contributed by atoms with E-state index in [1.54, 1.807) is 0 Å². The lowest BCUT2D eigenvalue weighted by Gasteiger charge is -2.41. The molecule has 1 N–H and O–H groups in total. The van der Waals surface area contributed by atoms with Crippen LogP contribution >= 0.6 is 11.8 Å². The van der Waals surface area contributed by atoms with Gasteiger partial charge in [0.25, 0.3) is 0 Å². The van der Waals surface area contributed by atoms with Crippen molar-refractivity contribution in [3.63, 3.8) is 0 Å². The van der Waals surface area contributed by atoms with Crippen molar-refractivity contribution in [3.05, 3.63) is 0 Å². The van der Waals surface area contributed by atoms with Crippen molar-refractivity contribution in [2.75, 3.05) is 31.9 Å². The minimum Gasteiger partial charge on any atom is -0.315 e. The molecule has 1 heterocycles. The Balaban J connectivity index is 2.44. The molecule has 90 valence electrons. The van der Waals surface area contributed by atoms with E-state index in [0.29, 0.717) is 4.75 Å². The van der Waals surface area contributed by atoms with Gasteiger partial charge in [0.05, 0.1) is 0 Å². The van der Waals surface area contributed by atoms with Gasteiger partial charge in [-0.25, -0.2) is 0 Å². The molecule has 0 radical (unpaired) electrons. The van der Waals surface area contributed by atoms with Crippen LogP contribution < -0.4 is 5.32 Å². The summed E-state index contributed by atoms with van der Waals surface area (Å²) in [5.41, 5.74) is 0. The monoisotopic (exact) mass is 230 g/mol. The molecule has 0 spiro atoms. The number of thioether (sulfide) groups is 1. The van der Waals surface area contributed by atoms with Crippen molar-refractivity contribution in [3.8, 4) is 0 Å². The minimum atomic E-state index is 0.442. The second kappa shape index (κ2) is 6.12. The molecule has 3 heteroatoms. The topological polar surface area (TPSA) is 15.3 Å². The molecule has 1 rings (SSSR count). The van der Waals surface area contributed by atoms with Gasteiger partial charge in [0, 0.05) is 36.2 Å². The SMILES string of the molecule is CCNCC(CC)N1CCSC(C)(C)C1. The maximum absolute atomic E-state index is 3.48. The van der Waals surface area contributed by atoms with E-state index in [2.05, 4.69) is 49.7 Å². The molecule has 15 heavy (non-hydrogen) atoms. The Labute approximate surface area is 99.2 Å². The number of likely N-dealkylation sites (N-methyl/N-ethyl adjacent to an activating group) is 1. The molecule has 0 aromatic heterocycles. The van der Waals surface area contributed by atoms with Gasteiger partial charge in [0.15, 0.2) is 0 Å². The van der Waals surface area contributed by atoms with Crippen molar-refractivity contribution in [2.45, 2.75) is 44.9 Å². The Morgan fingerprint density at radius 1 is 1.40 bits per heavy atom. The van der Waals surface area contributed by atoms with E-state index >= 15 is 0 Å². The zero-order valence-corrected chi connectivity index (χ0v) is 11.5. The number of rotatable bonds is 5. The maximum Gasteiger partial charge on any atom is 0.0231 e. The summed E-state index contributed by atoms with van der Waals surface area (Å²) >= 11 is 2.11. The number of hydrogen-bond acceptors (Lipinski definition) is 3. The molecular formula is C12H26N2S. The zero-order valence-electron chi connectivity index (χ0n) is 10.7. The van der Waals surface area contributed by atoms with Crippen molar-refractivity contribution >= 4 is 11.8 Å². The summed E-state index contributed by atoms with van der Waals surface area (Å²) in [6.45, 7) is 13.9. The fraction of sp³-hybridized carbons (Fsp3) is 1.00. The van der Waals surface area contributed by atoms with Gasteiger partial charge in [-0.05, 0) is 26.8 Å². The number of nitrogens with zero attached hydrogens (tertiary/aromatic N) is 1. The molecule has 0 aliphatic carbocycles. The van der Waals surface area contributed by atoms with Gasteiger partial charge < -0.3 is 5.32 Å². The van der Waals surface area contributed by atoms with Gasteiger partial charge >= 0.3 is 0 Å². The lowest BCUT2D eigenvalue weighted by Crippen LogP contribution is -2.51. The summed E-state index contributed by atoms with van der Waals surface area (Å²) in [6.07, 6.45) is 1.26. The molecule has 0 saturated carbocycles. The van der Waals surface area contributed by atoms with E-state index in [1.165, 1.54) is 25.3 Å². The van der Waals surface area contributed by atoms with Gasteiger partial charge in [-0.2, -0.15) is 11.8 Å². The fourth-order valence-corrected chi connectivity index (χ4v) is 3.34. The lowest BCUT2D eigenvalue weighted by molar-refractivity contribution is 0.179. The standard InChI is InChI=1S/C12H26N2S/c1-5-11(9-13-6-2)14-7-8-15-12(3,4)10-14/h11,13H,5-10H2,1-4H3. The third-order valence-corrected chi connectivity index (χ3v) is 4.37. The average Bonchev–Trinajstić information content (AvgIpc) is 2.17. The Hall–Kier alpha value is 0.270. The molecular weight excluding hydrogens is 204 g/mol. The van der Waals surface area contributed by atoms with E-state index in [4.69, 9.17) is 0 Å². The van der Waals surface area contributed by atoms with Crippen molar-refractivity contribution in [1.29, 1.82) is 0 Å². The highest BCUT2D eigenvalue weighted by Gasteiger charge is 2.29. The first kappa shape index (κ1) is 13.3. The molecule has 1 aliphatic rings. The highest BCUT2D eigenvalue weighted by Crippen LogP contribution is 2.30. The second-order valence-corrected chi connectivity index (χ2v) is 6.75. The molecule has 0 bridgehead atoms. The van der Waals surface area contributed by atoms with Crippen LogP contribution in [0.4, 0.5) is 0 Å². The molecule has 0 amide bonds. The van der Waals surface area contributed by atoms with E-state index in [1.807, 2.05) is 0 Å². The molecule has 0 aromatic rings. The van der Waals surface area contributed by atoms with Crippen LogP contribution in [0.1, 0.15) is 34.1 Å². The quantitative estimate of drug-likeness (QED) is 0.779. The number of hydrogen-bond donors (Lipinski definition) is 1. The van der Waals surface area contributed by atoms with Gasteiger partial charge in [0.2, 0.25) is 0 Å². The zero-order chi connectivity index (χ0) is 11.3. The van der Waals surface area contributed by atoms with Gasteiger partial charge in [-0.1, -0.05) is 13.8 Å². The maximum atomic E-state index is 3.48. The molecule has 1 fully saturated rings. The Morgan fingerprint density at radius 2 is 2.13 bits per heavy atom. The fourth-order valence-electron chi connectivity index (χ4n) is 2.21. The molecule has 1 atom stereocenters. The van der Waals surface area contributed by atoms with Crippen LogP contribution in [-0.2, 0) is 0 Å². The second-order valence-electron chi connectivity index (χ2n) is 4.95. The Kier molecular flexibility index (Phi) is 5.44. The highest BCUT2D eigenvalue weighted by molar-refractivity contribution is 8.00. The molecule has 1 aliphatic heterocycles. The minimum absolute atomic E-state index is 0.442. The van der Waals surface area contributed by atoms with Crippen LogP contribution in [0.5, 0.6) is 0 Å². The largest absolute Gasteiger partial charge is 0.315 e.